The maximum atomic E-state index is 12.5. The number of nitrogens with one attached hydrogen (secondary N) is 3. The summed E-state index contributed by atoms with van der Waals surface area (Å²) in [5.41, 5.74) is -0.425. The van der Waals surface area contributed by atoms with Crippen molar-refractivity contribution in [2.45, 2.75) is 168 Å². The van der Waals surface area contributed by atoms with E-state index < -0.39 is 5.97 Å². The highest BCUT2D eigenvalue weighted by Crippen LogP contribution is 2.40. The first-order chi connectivity index (χ1) is 19.3. The van der Waals surface area contributed by atoms with Crippen molar-refractivity contribution in [3.63, 3.8) is 0 Å². The number of esters is 1. The molecule has 3 rings (SSSR count). The third-order valence-corrected chi connectivity index (χ3v) is 8.58. The molecule has 3 heterocycles. The van der Waals surface area contributed by atoms with Crippen LogP contribution in [0.2, 0.25) is 0 Å². The van der Waals surface area contributed by atoms with Gasteiger partial charge >= 0.3 is 5.97 Å². The summed E-state index contributed by atoms with van der Waals surface area (Å²) >= 11 is 0. The number of guanidine groups is 1. The summed E-state index contributed by atoms with van der Waals surface area (Å²) in [4.78, 5) is 23.2. The van der Waals surface area contributed by atoms with Gasteiger partial charge in [-0.05, 0) is 108 Å². The standard InChI is InChI=1S/C33H61N7O2/c1-13-15-16-17-29(3,4)37-28-36-26(23-18-30(5,6)38-31(7,8)19-23)35-27(40(28)34-22-25(41)42-14-2)24-20-32(9,10)39-33(11,12)21-24/h22-24,27,38-39H,13-21H2,1-12H3,(H,35,36,37). The molecular formula is C33H61N7O2. The van der Waals surface area contributed by atoms with Crippen LogP contribution in [0.4, 0.5) is 0 Å². The molecule has 42 heavy (non-hydrogen) atoms. The van der Waals surface area contributed by atoms with Crippen LogP contribution in [0, 0.1) is 11.8 Å². The van der Waals surface area contributed by atoms with Crippen molar-refractivity contribution >= 4 is 24.0 Å². The SMILES string of the molecule is CCCCCC(C)(C)NC1=NC(C2CC(C)(C)NC(C)(C)C2)=NC(C2CC(C)(C)NC(C)(C)C2)N1N=CC(=O)OCC. The molecule has 0 aliphatic carbocycles. The third kappa shape index (κ3) is 9.76. The van der Waals surface area contributed by atoms with Crippen LogP contribution in [-0.2, 0) is 9.53 Å². The van der Waals surface area contributed by atoms with E-state index in [9.17, 15) is 4.79 Å². The van der Waals surface area contributed by atoms with Crippen molar-refractivity contribution < 1.29 is 9.53 Å². The third-order valence-electron chi connectivity index (χ3n) is 8.58. The summed E-state index contributed by atoms with van der Waals surface area (Å²) in [6.45, 7) is 27.0. The minimum absolute atomic E-state index is 0.0368. The fourth-order valence-corrected chi connectivity index (χ4v) is 7.80. The van der Waals surface area contributed by atoms with Crippen molar-refractivity contribution in [1.29, 1.82) is 0 Å². The van der Waals surface area contributed by atoms with Gasteiger partial charge in [0.25, 0.3) is 0 Å². The molecule has 0 radical (unpaired) electrons. The Morgan fingerprint density at radius 2 is 1.52 bits per heavy atom. The Balaban J connectivity index is 2.12. The van der Waals surface area contributed by atoms with Gasteiger partial charge in [0.15, 0.2) is 0 Å². The topological polar surface area (TPSA) is 103 Å². The van der Waals surface area contributed by atoms with Gasteiger partial charge in [-0.25, -0.2) is 14.8 Å². The zero-order chi connectivity index (χ0) is 31.6. The van der Waals surface area contributed by atoms with Crippen molar-refractivity contribution in [1.82, 2.24) is 21.0 Å². The Morgan fingerprint density at radius 3 is 2.05 bits per heavy atom. The van der Waals surface area contributed by atoms with Gasteiger partial charge in [0.05, 0.1) is 6.61 Å². The van der Waals surface area contributed by atoms with Crippen molar-refractivity contribution in [3.05, 3.63) is 0 Å². The van der Waals surface area contributed by atoms with E-state index in [1.807, 2.05) is 5.01 Å². The zero-order valence-corrected chi connectivity index (χ0v) is 28.8. The van der Waals surface area contributed by atoms with Gasteiger partial charge < -0.3 is 20.7 Å². The maximum Gasteiger partial charge on any atom is 0.351 e. The van der Waals surface area contributed by atoms with E-state index in [0.29, 0.717) is 12.6 Å². The van der Waals surface area contributed by atoms with Gasteiger partial charge in [-0.1, -0.05) is 26.2 Å². The van der Waals surface area contributed by atoms with E-state index in [1.54, 1.807) is 6.92 Å². The summed E-state index contributed by atoms with van der Waals surface area (Å²) in [6.07, 6.45) is 9.26. The summed E-state index contributed by atoms with van der Waals surface area (Å²) in [6, 6.07) is 0. The van der Waals surface area contributed by atoms with Gasteiger partial charge in [0.2, 0.25) is 5.96 Å². The summed E-state index contributed by atoms with van der Waals surface area (Å²) < 4.78 is 5.22. The molecule has 0 aromatic heterocycles. The molecule has 0 saturated carbocycles. The Bertz CT molecular complexity index is 1010. The number of hydrogen-bond acceptors (Lipinski definition) is 9. The number of unbranched alkanes of at least 4 members (excludes halogenated alkanes) is 2. The number of amidine groups is 1. The number of hydrazone groups is 1. The largest absolute Gasteiger partial charge is 0.462 e. The number of aliphatic imine (C=N–C) groups is 2. The molecule has 2 saturated heterocycles. The average molecular weight is 588 g/mol. The van der Waals surface area contributed by atoms with Crippen molar-refractivity contribution in [2.75, 3.05) is 6.61 Å². The molecule has 3 aliphatic heterocycles. The summed E-state index contributed by atoms with van der Waals surface area (Å²) in [5, 5.41) is 18.0. The van der Waals surface area contributed by atoms with Crippen LogP contribution in [0.15, 0.2) is 15.1 Å². The fourth-order valence-electron chi connectivity index (χ4n) is 7.80. The highest BCUT2D eigenvalue weighted by Gasteiger charge is 2.47. The monoisotopic (exact) mass is 587 g/mol. The maximum absolute atomic E-state index is 12.5. The number of rotatable bonds is 10. The highest BCUT2D eigenvalue weighted by molar-refractivity contribution is 6.23. The minimum atomic E-state index is -0.458. The molecule has 240 valence electrons. The smallest absolute Gasteiger partial charge is 0.351 e. The second kappa shape index (κ2) is 12.9. The normalized spacial score (nSPS) is 26.1. The number of carbonyl (C=O) groups is 1. The van der Waals surface area contributed by atoms with Gasteiger partial charge in [-0.3, -0.25) is 0 Å². The predicted octanol–water partition coefficient (Wildman–Crippen LogP) is 5.99. The number of carbonyl (C=O) groups excluding carboxylic acids is 1. The van der Waals surface area contributed by atoms with E-state index in [4.69, 9.17) is 19.8 Å². The molecular weight excluding hydrogens is 526 g/mol. The summed E-state index contributed by atoms with van der Waals surface area (Å²) in [7, 11) is 0. The molecule has 0 aromatic rings. The lowest BCUT2D eigenvalue weighted by atomic mass is 9.74. The lowest BCUT2D eigenvalue weighted by Gasteiger charge is -2.50. The van der Waals surface area contributed by atoms with E-state index in [1.165, 1.54) is 19.1 Å². The van der Waals surface area contributed by atoms with Crippen LogP contribution in [0.5, 0.6) is 0 Å². The quantitative estimate of drug-likeness (QED) is 0.165. The van der Waals surface area contributed by atoms with Crippen LogP contribution in [0.1, 0.15) is 134 Å². The minimum Gasteiger partial charge on any atom is -0.462 e. The Hall–Kier alpha value is -2.00. The molecule has 0 bridgehead atoms. The number of ether oxygens (including phenoxy) is 1. The van der Waals surface area contributed by atoms with Crippen LogP contribution in [0.25, 0.3) is 0 Å². The molecule has 9 nitrogen and oxygen atoms in total. The Kier molecular flexibility index (Phi) is 10.6. The first kappa shape index (κ1) is 34.5. The highest BCUT2D eigenvalue weighted by atomic mass is 16.5. The number of piperidine rings is 2. The van der Waals surface area contributed by atoms with Gasteiger partial charge in [0, 0.05) is 39.5 Å². The van der Waals surface area contributed by atoms with Crippen LogP contribution in [0.3, 0.4) is 0 Å². The zero-order valence-electron chi connectivity index (χ0n) is 28.8. The molecule has 9 heteroatoms. The molecule has 0 spiro atoms. The lowest BCUT2D eigenvalue weighted by Crippen LogP contribution is -2.63. The molecule has 2 fully saturated rings. The van der Waals surface area contributed by atoms with Gasteiger partial charge in [-0.15, -0.1) is 0 Å². The Labute approximate surface area is 256 Å². The van der Waals surface area contributed by atoms with Crippen LogP contribution >= 0.6 is 0 Å². The van der Waals surface area contributed by atoms with E-state index >= 15 is 0 Å². The van der Waals surface area contributed by atoms with E-state index in [2.05, 4.69) is 92.1 Å². The molecule has 3 aliphatic rings. The van der Waals surface area contributed by atoms with Gasteiger partial charge in [-0.2, -0.15) is 10.1 Å². The van der Waals surface area contributed by atoms with E-state index in [-0.39, 0.29) is 45.7 Å². The molecule has 1 unspecified atom stereocenters. The second-order valence-corrected chi connectivity index (χ2v) is 16.2. The molecule has 1 atom stereocenters. The molecule has 0 amide bonds. The number of hydrogen-bond donors (Lipinski definition) is 3. The Morgan fingerprint density at radius 1 is 0.976 bits per heavy atom. The second-order valence-electron chi connectivity index (χ2n) is 16.2. The van der Waals surface area contributed by atoms with Crippen LogP contribution in [-0.4, -0.2) is 69.5 Å². The number of nitrogens with zero attached hydrogens (tertiary/aromatic N) is 4. The van der Waals surface area contributed by atoms with Crippen molar-refractivity contribution in [2.24, 2.45) is 26.9 Å². The average Bonchev–Trinajstić information content (AvgIpc) is 2.79. The van der Waals surface area contributed by atoms with Crippen molar-refractivity contribution in [3.8, 4) is 0 Å². The summed E-state index contributed by atoms with van der Waals surface area (Å²) in [5.74, 6) is 1.52. The van der Waals surface area contributed by atoms with Gasteiger partial charge in [0.1, 0.15) is 18.2 Å². The lowest BCUT2D eigenvalue weighted by molar-refractivity contribution is -0.134. The van der Waals surface area contributed by atoms with Crippen LogP contribution < -0.4 is 16.0 Å². The first-order valence-electron chi connectivity index (χ1n) is 16.3. The van der Waals surface area contributed by atoms with E-state index in [0.717, 1.165) is 44.4 Å². The fraction of sp³-hybridized carbons (Fsp3) is 0.879. The first-order valence-corrected chi connectivity index (χ1v) is 16.3. The predicted molar refractivity (Wildman–Crippen MR) is 175 cm³/mol. The molecule has 3 N–H and O–H groups in total. The molecule has 0 aromatic carbocycles.